The Morgan fingerprint density at radius 3 is 2.55 bits per heavy atom. The normalized spacial score (nSPS) is 10.9. The number of carbonyl (C=O) groups excluding carboxylic acids is 1. The highest BCUT2D eigenvalue weighted by Crippen LogP contribution is 2.17. The number of para-hydroxylation sites is 1. The van der Waals surface area contributed by atoms with E-state index in [1.165, 1.54) is 0 Å². The molecular weight excluding hydrogens is 368 g/mol. The van der Waals surface area contributed by atoms with Crippen LogP contribution in [0.2, 0.25) is 0 Å². The predicted molar refractivity (Wildman–Crippen MR) is 115 cm³/mol. The Balaban J connectivity index is 1.97. The van der Waals surface area contributed by atoms with Gasteiger partial charge in [0.2, 0.25) is 0 Å². The summed E-state index contributed by atoms with van der Waals surface area (Å²) in [4.78, 5) is 16.2. The zero-order valence-electron chi connectivity index (χ0n) is 17.3. The molecule has 0 saturated carbocycles. The van der Waals surface area contributed by atoms with Crippen LogP contribution >= 0.6 is 0 Å². The summed E-state index contributed by atoms with van der Waals surface area (Å²) < 4.78 is 10.9. The summed E-state index contributed by atoms with van der Waals surface area (Å²) in [6.07, 6.45) is 0. The zero-order chi connectivity index (χ0) is 20.9. The highest BCUT2D eigenvalue weighted by atomic mass is 16.5. The van der Waals surface area contributed by atoms with Gasteiger partial charge in [-0.15, -0.1) is 0 Å². The molecule has 0 bridgehead atoms. The second kappa shape index (κ2) is 12.3. The molecule has 7 heteroatoms. The number of benzene rings is 2. The average molecular weight is 399 g/mol. The molecule has 3 N–H and O–H groups in total. The maximum absolute atomic E-state index is 11.5. The van der Waals surface area contributed by atoms with Gasteiger partial charge >= 0.3 is 0 Å². The van der Waals surface area contributed by atoms with E-state index in [4.69, 9.17) is 9.47 Å². The van der Waals surface area contributed by atoms with Crippen LogP contribution in [-0.4, -0.2) is 38.7 Å². The van der Waals surface area contributed by atoms with Crippen molar-refractivity contribution in [3.05, 3.63) is 59.7 Å². The minimum absolute atomic E-state index is 0.00364. The van der Waals surface area contributed by atoms with E-state index in [0.717, 1.165) is 23.4 Å². The Morgan fingerprint density at radius 1 is 1.00 bits per heavy atom. The maximum Gasteiger partial charge on any atom is 0.257 e. The van der Waals surface area contributed by atoms with E-state index < -0.39 is 0 Å². The van der Waals surface area contributed by atoms with Crippen molar-refractivity contribution in [2.45, 2.75) is 26.9 Å². The van der Waals surface area contributed by atoms with Crippen molar-refractivity contribution < 1.29 is 14.3 Å². The molecule has 0 fully saturated rings. The minimum Gasteiger partial charge on any atom is -0.496 e. The molecule has 0 aliphatic carbocycles. The van der Waals surface area contributed by atoms with E-state index in [1.54, 1.807) is 7.11 Å². The highest BCUT2D eigenvalue weighted by Gasteiger charge is 2.05. The number of amides is 1. The van der Waals surface area contributed by atoms with Crippen molar-refractivity contribution in [2.75, 3.05) is 26.8 Å². The molecule has 2 aromatic rings. The van der Waals surface area contributed by atoms with E-state index >= 15 is 0 Å². The Labute approximate surface area is 172 Å². The molecule has 0 aliphatic rings. The molecule has 0 heterocycles. The van der Waals surface area contributed by atoms with Crippen LogP contribution in [0.1, 0.15) is 25.0 Å². The van der Waals surface area contributed by atoms with Crippen LogP contribution in [0, 0.1) is 0 Å². The third-order valence-electron chi connectivity index (χ3n) is 4.05. The minimum atomic E-state index is -0.133. The van der Waals surface area contributed by atoms with E-state index in [1.807, 2.05) is 62.4 Å². The lowest BCUT2D eigenvalue weighted by Crippen LogP contribution is -2.36. The van der Waals surface area contributed by atoms with Crippen molar-refractivity contribution in [1.82, 2.24) is 16.0 Å². The molecule has 0 aromatic heterocycles. The van der Waals surface area contributed by atoms with E-state index in [9.17, 15) is 4.79 Å². The van der Waals surface area contributed by atoms with Crippen LogP contribution in [0.3, 0.4) is 0 Å². The number of carbonyl (C=O) groups is 1. The van der Waals surface area contributed by atoms with E-state index in [0.29, 0.717) is 31.3 Å². The SMILES string of the molecule is CCNC(=O)COc1cccc(CN=C(NCC)NCc2ccccc2OC)c1. The van der Waals surface area contributed by atoms with Crippen LogP contribution < -0.4 is 25.4 Å². The van der Waals surface area contributed by atoms with Crippen molar-refractivity contribution in [1.29, 1.82) is 0 Å². The first-order valence-electron chi connectivity index (χ1n) is 9.78. The van der Waals surface area contributed by atoms with Gasteiger partial charge in [-0.25, -0.2) is 4.99 Å². The first-order valence-corrected chi connectivity index (χ1v) is 9.78. The highest BCUT2D eigenvalue weighted by molar-refractivity contribution is 5.79. The number of hydrogen-bond acceptors (Lipinski definition) is 4. The second-order valence-corrected chi connectivity index (χ2v) is 6.25. The summed E-state index contributed by atoms with van der Waals surface area (Å²) >= 11 is 0. The molecular formula is C22H30N4O3. The summed E-state index contributed by atoms with van der Waals surface area (Å²) in [7, 11) is 1.67. The molecule has 0 radical (unpaired) electrons. The Hall–Kier alpha value is -3.22. The molecule has 0 saturated heterocycles. The maximum atomic E-state index is 11.5. The summed E-state index contributed by atoms with van der Waals surface area (Å²) in [6.45, 7) is 6.34. The van der Waals surface area contributed by atoms with Gasteiger partial charge in [0.05, 0.1) is 13.7 Å². The summed E-state index contributed by atoms with van der Waals surface area (Å²) in [5, 5.41) is 9.28. The van der Waals surface area contributed by atoms with Crippen LogP contribution in [-0.2, 0) is 17.9 Å². The fraction of sp³-hybridized carbons (Fsp3) is 0.364. The summed E-state index contributed by atoms with van der Waals surface area (Å²) in [6, 6.07) is 15.5. The van der Waals surface area contributed by atoms with E-state index in [-0.39, 0.29) is 12.5 Å². The third-order valence-corrected chi connectivity index (χ3v) is 4.05. The third kappa shape index (κ3) is 7.73. The number of nitrogens with zero attached hydrogens (tertiary/aromatic N) is 1. The fourth-order valence-electron chi connectivity index (χ4n) is 2.67. The van der Waals surface area contributed by atoms with Gasteiger partial charge in [-0.05, 0) is 37.6 Å². The van der Waals surface area contributed by atoms with Crippen molar-refractivity contribution in [3.63, 3.8) is 0 Å². The molecule has 1 amide bonds. The monoisotopic (exact) mass is 398 g/mol. The number of rotatable bonds is 10. The standard InChI is InChI=1S/C22H30N4O3/c1-4-23-21(27)16-29-19-11-8-9-17(13-19)14-25-22(24-5-2)26-15-18-10-6-7-12-20(18)28-3/h6-13H,4-5,14-16H2,1-3H3,(H,23,27)(H2,24,25,26). The van der Waals surface area contributed by atoms with Gasteiger partial charge in [-0.3, -0.25) is 4.79 Å². The lowest BCUT2D eigenvalue weighted by molar-refractivity contribution is -0.122. The van der Waals surface area contributed by atoms with E-state index in [2.05, 4.69) is 20.9 Å². The number of ether oxygens (including phenoxy) is 2. The fourth-order valence-corrected chi connectivity index (χ4v) is 2.67. The number of aliphatic imine (C=N–C) groups is 1. The Morgan fingerprint density at radius 2 is 1.79 bits per heavy atom. The number of nitrogens with one attached hydrogen (secondary N) is 3. The first kappa shape index (κ1) is 22.1. The van der Waals surface area contributed by atoms with Gasteiger partial charge in [-0.2, -0.15) is 0 Å². The van der Waals surface area contributed by atoms with Gasteiger partial charge in [0.15, 0.2) is 12.6 Å². The zero-order valence-corrected chi connectivity index (χ0v) is 17.3. The van der Waals surface area contributed by atoms with Crippen molar-refractivity contribution in [2.24, 2.45) is 4.99 Å². The molecule has 0 spiro atoms. The largest absolute Gasteiger partial charge is 0.496 e. The molecule has 29 heavy (non-hydrogen) atoms. The van der Waals surface area contributed by atoms with Gasteiger partial charge in [0, 0.05) is 25.2 Å². The molecule has 2 aromatic carbocycles. The molecule has 0 atom stereocenters. The van der Waals surface area contributed by atoms with Crippen molar-refractivity contribution in [3.8, 4) is 11.5 Å². The predicted octanol–water partition coefficient (Wildman–Crippen LogP) is 2.47. The second-order valence-electron chi connectivity index (χ2n) is 6.25. The van der Waals surface area contributed by atoms with Gasteiger partial charge < -0.3 is 25.4 Å². The average Bonchev–Trinajstić information content (AvgIpc) is 2.75. The van der Waals surface area contributed by atoms with Gasteiger partial charge in [-0.1, -0.05) is 30.3 Å². The molecule has 7 nitrogen and oxygen atoms in total. The number of methoxy groups -OCH3 is 1. The number of guanidine groups is 1. The van der Waals surface area contributed by atoms with Gasteiger partial charge in [0.25, 0.3) is 5.91 Å². The van der Waals surface area contributed by atoms with Crippen LogP contribution in [0.15, 0.2) is 53.5 Å². The molecule has 2 rings (SSSR count). The van der Waals surface area contributed by atoms with Gasteiger partial charge in [0.1, 0.15) is 11.5 Å². The van der Waals surface area contributed by atoms with Crippen LogP contribution in [0.5, 0.6) is 11.5 Å². The quantitative estimate of drug-likeness (QED) is 0.423. The number of hydrogen-bond donors (Lipinski definition) is 3. The summed E-state index contributed by atoms with van der Waals surface area (Å²) in [5.41, 5.74) is 2.05. The van der Waals surface area contributed by atoms with Crippen LogP contribution in [0.4, 0.5) is 0 Å². The molecule has 0 aliphatic heterocycles. The number of likely N-dealkylation sites (N-methyl/N-ethyl adjacent to an activating group) is 1. The molecule has 156 valence electrons. The topological polar surface area (TPSA) is 84.0 Å². The Kier molecular flexibility index (Phi) is 9.35. The lowest BCUT2D eigenvalue weighted by Gasteiger charge is -2.13. The molecule has 0 unspecified atom stereocenters. The van der Waals surface area contributed by atoms with Crippen LogP contribution in [0.25, 0.3) is 0 Å². The Bertz CT molecular complexity index is 808. The van der Waals surface area contributed by atoms with Crippen molar-refractivity contribution >= 4 is 11.9 Å². The lowest BCUT2D eigenvalue weighted by atomic mass is 10.2. The first-order chi connectivity index (χ1) is 14.2. The smallest absolute Gasteiger partial charge is 0.257 e. The summed E-state index contributed by atoms with van der Waals surface area (Å²) in [5.74, 6) is 2.07.